The molecule has 1 N–H and O–H groups in total. The SMILES string of the molecule is COc1ccc(Cl)cc1C(=O)Nc1ccc(-n2c(C)nc3ncccc3c2=O)cc1C. The van der Waals surface area contributed by atoms with Gasteiger partial charge in [0, 0.05) is 16.9 Å². The van der Waals surface area contributed by atoms with Crippen LogP contribution in [0.3, 0.4) is 0 Å². The number of carbonyl (C=O) groups excluding carboxylic acids is 1. The van der Waals surface area contributed by atoms with Gasteiger partial charge in [0.25, 0.3) is 11.5 Å². The number of hydrogen-bond acceptors (Lipinski definition) is 5. The van der Waals surface area contributed by atoms with Crippen LogP contribution in [0, 0.1) is 13.8 Å². The van der Waals surface area contributed by atoms with E-state index >= 15 is 0 Å². The molecule has 1 amide bonds. The van der Waals surface area contributed by atoms with Crippen LogP contribution < -0.4 is 15.6 Å². The molecular formula is C23H19ClN4O3. The van der Waals surface area contributed by atoms with Gasteiger partial charge in [-0.1, -0.05) is 11.6 Å². The Labute approximate surface area is 183 Å². The van der Waals surface area contributed by atoms with E-state index in [9.17, 15) is 9.59 Å². The molecule has 4 rings (SSSR count). The molecule has 0 radical (unpaired) electrons. The summed E-state index contributed by atoms with van der Waals surface area (Å²) in [5.41, 5.74) is 2.59. The summed E-state index contributed by atoms with van der Waals surface area (Å²) in [6, 6.07) is 13.6. The molecule has 0 fully saturated rings. The van der Waals surface area contributed by atoms with Gasteiger partial charge in [0.1, 0.15) is 11.6 Å². The molecule has 0 unspecified atom stereocenters. The molecule has 0 atom stereocenters. The molecule has 8 heteroatoms. The fourth-order valence-electron chi connectivity index (χ4n) is 3.40. The van der Waals surface area contributed by atoms with Crippen molar-refractivity contribution in [3.8, 4) is 11.4 Å². The number of benzene rings is 2. The average Bonchev–Trinajstić information content (AvgIpc) is 2.75. The van der Waals surface area contributed by atoms with E-state index in [-0.39, 0.29) is 11.5 Å². The third kappa shape index (κ3) is 3.87. The van der Waals surface area contributed by atoms with Gasteiger partial charge in [-0.15, -0.1) is 0 Å². The van der Waals surface area contributed by atoms with Crippen molar-refractivity contribution in [2.45, 2.75) is 13.8 Å². The first-order valence-corrected chi connectivity index (χ1v) is 9.87. The Morgan fingerprint density at radius 3 is 2.68 bits per heavy atom. The predicted octanol–water partition coefficient (Wildman–Crippen LogP) is 4.31. The fourth-order valence-corrected chi connectivity index (χ4v) is 3.57. The molecule has 2 aromatic carbocycles. The van der Waals surface area contributed by atoms with Gasteiger partial charge in [-0.05, 0) is 67.9 Å². The molecule has 0 saturated heterocycles. The number of fused-ring (bicyclic) bond motifs is 1. The van der Waals surface area contributed by atoms with Crippen LogP contribution in [0.4, 0.5) is 5.69 Å². The Morgan fingerprint density at radius 2 is 1.94 bits per heavy atom. The van der Waals surface area contributed by atoms with E-state index in [2.05, 4.69) is 15.3 Å². The lowest BCUT2D eigenvalue weighted by molar-refractivity contribution is 0.102. The molecule has 0 saturated carbocycles. The molecule has 0 spiro atoms. The molecule has 0 aliphatic rings. The van der Waals surface area contributed by atoms with E-state index in [1.807, 2.05) is 13.0 Å². The van der Waals surface area contributed by atoms with Crippen molar-refractivity contribution in [1.29, 1.82) is 0 Å². The Balaban J connectivity index is 1.70. The number of ether oxygens (including phenoxy) is 1. The summed E-state index contributed by atoms with van der Waals surface area (Å²) >= 11 is 6.03. The third-order valence-corrected chi connectivity index (χ3v) is 5.17. The summed E-state index contributed by atoms with van der Waals surface area (Å²) in [7, 11) is 1.49. The highest BCUT2D eigenvalue weighted by molar-refractivity contribution is 6.31. The van der Waals surface area contributed by atoms with Crippen molar-refractivity contribution in [3.05, 3.63) is 87.1 Å². The number of aryl methyl sites for hydroxylation is 2. The number of pyridine rings is 1. The van der Waals surface area contributed by atoms with Crippen molar-refractivity contribution in [2.24, 2.45) is 0 Å². The van der Waals surface area contributed by atoms with Crippen LogP contribution in [0.15, 0.2) is 59.5 Å². The van der Waals surface area contributed by atoms with Gasteiger partial charge >= 0.3 is 0 Å². The number of hydrogen-bond donors (Lipinski definition) is 1. The summed E-state index contributed by atoms with van der Waals surface area (Å²) in [5, 5.41) is 3.75. The van der Waals surface area contributed by atoms with E-state index in [1.54, 1.807) is 55.6 Å². The molecule has 2 aromatic heterocycles. The molecule has 0 bridgehead atoms. The zero-order valence-electron chi connectivity index (χ0n) is 17.1. The second kappa shape index (κ2) is 8.20. The maximum Gasteiger partial charge on any atom is 0.267 e. The average molecular weight is 435 g/mol. The predicted molar refractivity (Wildman–Crippen MR) is 121 cm³/mol. The zero-order chi connectivity index (χ0) is 22.1. The van der Waals surface area contributed by atoms with Gasteiger partial charge < -0.3 is 10.1 Å². The monoisotopic (exact) mass is 434 g/mol. The smallest absolute Gasteiger partial charge is 0.267 e. The lowest BCUT2D eigenvalue weighted by Gasteiger charge is -2.14. The maximum absolute atomic E-state index is 13.0. The molecule has 0 aliphatic carbocycles. The number of rotatable bonds is 4. The lowest BCUT2D eigenvalue weighted by Crippen LogP contribution is -2.23. The number of methoxy groups -OCH3 is 1. The first-order valence-electron chi connectivity index (χ1n) is 9.49. The standard InChI is InChI=1S/C23H19ClN4O3/c1-13-11-16(28-14(2)26-21-17(23(28)30)5-4-10-25-21)7-8-19(13)27-22(29)18-12-15(24)6-9-20(18)31-3/h4-12H,1-3H3,(H,27,29). The van der Waals surface area contributed by atoms with Crippen LogP contribution >= 0.6 is 11.6 Å². The van der Waals surface area contributed by atoms with E-state index in [0.29, 0.717) is 44.6 Å². The highest BCUT2D eigenvalue weighted by Gasteiger charge is 2.16. The highest BCUT2D eigenvalue weighted by Crippen LogP contribution is 2.25. The molecular weight excluding hydrogens is 416 g/mol. The number of amides is 1. The molecule has 156 valence electrons. The Kier molecular flexibility index (Phi) is 5.44. The van der Waals surface area contributed by atoms with Crippen molar-refractivity contribution in [2.75, 3.05) is 12.4 Å². The van der Waals surface area contributed by atoms with Crippen LogP contribution in [-0.2, 0) is 0 Å². The number of carbonyl (C=O) groups is 1. The van der Waals surface area contributed by atoms with Gasteiger partial charge in [-0.25, -0.2) is 9.97 Å². The summed E-state index contributed by atoms with van der Waals surface area (Å²) in [6.45, 7) is 3.61. The minimum absolute atomic E-state index is 0.199. The van der Waals surface area contributed by atoms with Crippen LogP contribution in [0.1, 0.15) is 21.7 Å². The Bertz CT molecular complexity index is 1380. The van der Waals surface area contributed by atoms with Gasteiger partial charge in [0.15, 0.2) is 5.65 Å². The highest BCUT2D eigenvalue weighted by atomic mass is 35.5. The van der Waals surface area contributed by atoms with E-state index in [1.165, 1.54) is 11.7 Å². The minimum Gasteiger partial charge on any atom is -0.496 e. The van der Waals surface area contributed by atoms with E-state index in [0.717, 1.165) is 5.56 Å². The van der Waals surface area contributed by atoms with Crippen LogP contribution in [0.2, 0.25) is 5.02 Å². The van der Waals surface area contributed by atoms with Crippen molar-refractivity contribution >= 4 is 34.2 Å². The minimum atomic E-state index is -0.345. The molecule has 0 aliphatic heterocycles. The van der Waals surface area contributed by atoms with E-state index < -0.39 is 0 Å². The van der Waals surface area contributed by atoms with Gasteiger partial charge in [-0.2, -0.15) is 0 Å². The lowest BCUT2D eigenvalue weighted by atomic mass is 10.1. The normalized spacial score (nSPS) is 10.8. The quantitative estimate of drug-likeness (QED) is 0.517. The van der Waals surface area contributed by atoms with Crippen molar-refractivity contribution in [1.82, 2.24) is 14.5 Å². The second-order valence-corrected chi connectivity index (χ2v) is 7.41. The number of aromatic nitrogens is 3. The van der Waals surface area contributed by atoms with Gasteiger partial charge in [0.2, 0.25) is 0 Å². The number of nitrogens with zero attached hydrogens (tertiary/aromatic N) is 3. The summed E-state index contributed by atoms with van der Waals surface area (Å²) in [5.74, 6) is 0.604. The van der Waals surface area contributed by atoms with Gasteiger partial charge in [0.05, 0.1) is 23.7 Å². The number of anilines is 1. The first-order chi connectivity index (χ1) is 14.9. The van der Waals surface area contributed by atoms with Gasteiger partial charge in [-0.3, -0.25) is 14.2 Å². The first kappa shape index (κ1) is 20.6. The van der Waals surface area contributed by atoms with Crippen LogP contribution in [-0.4, -0.2) is 27.6 Å². The summed E-state index contributed by atoms with van der Waals surface area (Å²) in [4.78, 5) is 34.4. The Morgan fingerprint density at radius 1 is 1.13 bits per heavy atom. The molecule has 7 nitrogen and oxygen atoms in total. The van der Waals surface area contributed by atoms with E-state index in [4.69, 9.17) is 16.3 Å². The Hall–Kier alpha value is -3.71. The number of nitrogens with one attached hydrogen (secondary N) is 1. The van der Waals surface area contributed by atoms with Crippen LogP contribution in [0.25, 0.3) is 16.7 Å². The second-order valence-electron chi connectivity index (χ2n) is 6.97. The molecule has 4 aromatic rings. The summed E-state index contributed by atoms with van der Waals surface area (Å²) in [6.07, 6.45) is 1.61. The third-order valence-electron chi connectivity index (χ3n) is 4.93. The topological polar surface area (TPSA) is 86.1 Å². The van der Waals surface area contributed by atoms with Crippen molar-refractivity contribution in [3.63, 3.8) is 0 Å². The van der Waals surface area contributed by atoms with Crippen LogP contribution in [0.5, 0.6) is 5.75 Å². The largest absolute Gasteiger partial charge is 0.496 e. The molecule has 31 heavy (non-hydrogen) atoms. The summed E-state index contributed by atoms with van der Waals surface area (Å²) < 4.78 is 6.79. The molecule has 2 heterocycles. The fraction of sp³-hybridized carbons (Fsp3) is 0.130. The van der Waals surface area contributed by atoms with Crippen molar-refractivity contribution < 1.29 is 9.53 Å². The maximum atomic E-state index is 13.0. The number of halogens is 1. The zero-order valence-corrected chi connectivity index (χ0v) is 17.9.